The van der Waals surface area contributed by atoms with Gasteiger partial charge in [-0.25, -0.2) is 8.37 Å². The Morgan fingerprint density at radius 2 is 1.17 bits per heavy atom. The van der Waals surface area contributed by atoms with Gasteiger partial charge in [0, 0.05) is 0 Å². The summed E-state index contributed by atoms with van der Waals surface area (Å²) in [6.45, 7) is 0. The van der Waals surface area contributed by atoms with E-state index in [9.17, 15) is 8.42 Å². The molecule has 8 nitrogen and oxygen atoms in total. The van der Waals surface area contributed by atoms with Crippen molar-refractivity contribution in [1.29, 1.82) is 0 Å². The topological polar surface area (TPSA) is 134 Å². The average molecular weight is 222 g/mol. The van der Waals surface area contributed by atoms with E-state index in [4.69, 9.17) is 19.3 Å². The van der Waals surface area contributed by atoms with Gasteiger partial charge in [0.15, 0.2) is 0 Å². The first-order valence-corrected chi connectivity index (χ1v) is 4.42. The Morgan fingerprint density at radius 3 is 1.33 bits per heavy atom. The van der Waals surface area contributed by atoms with Gasteiger partial charge in [-0.1, -0.05) is 0 Å². The van der Waals surface area contributed by atoms with Crippen molar-refractivity contribution < 1.29 is 36.1 Å². The summed E-state index contributed by atoms with van der Waals surface area (Å²) in [4.78, 5) is 0. The fraction of sp³-hybridized carbons (Fsp3) is 1.00. The number of aliphatic hydroxyl groups is 2. The van der Waals surface area contributed by atoms with Crippen LogP contribution in [0.3, 0.4) is 0 Å². The molecule has 0 radical (unpaired) electrons. The highest BCUT2D eigenvalue weighted by atomic mass is 32.2. The molecule has 0 amide bonds. The van der Waals surface area contributed by atoms with E-state index in [0.29, 0.717) is 0 Å². The van der Waals surface area contributed by atoms with Crippen LogP contribution in [-0.2, 0) is 31.1 Å². The Bertz CT molecular complexity index is 160. The van der Waals surface area contributed by atoms with Crippen LogP contribution in [0.2, 0.25) is 0 Å². The lowest BCUT2D eigenvalue weighted by molar-refractivity contribution is -0.177. The van der Waals surface area contributed by atoms with Gasteiger partial charge in [-0.05, 0) is 0 Å². The minimum absolute atomic E-state index is 2.17. The number of hydrogen-bond acceptors (Lipinski definition) is 6. The summed E-state index contributed by atoms with van der Waals surface area (Å²) in [7, 11) is 0. The predicted molar refractivity (Wildman–Crippen MR) is 35.7 cm³/mol. The Balaban J connectivity index is 3.83. The van der Waals surface area contributed by atoms with E-state index in [-0.39, 0.29) is 0 Å². The van der Waals surface area contributed by atoms with Crippen molar-refractivity contribution in [2.75, 3.05) is 0 Å². The Hall–Kier alpha value is 0.0600. The van der Waals surface area contributed by atoms with Gasteiger partial charge >= 0.3 is 22.7 Å². The van der Waals surface area contributed by atoms with E-state index in [1.54, 1.807) is 0 Å². The third kappa shape index (κ3) is 5.68. The summed E-state index contributed by atoms with van der Waals surface area (Å²) >= 11 is -5.60. The van der Waals surface area contributed by atoms with Crippen LogP contribution >= 0.6 is 0 Å². The molecule has 0 heterocycles. The lowest BCUT2D eigenvalue weighted by Gasteiger charge is -2.12. The van der Waals surface area contributed by atoms with Gasteiger partial charge in [-0.2, -0.15) is 8.42 Å². The maximum atomic E-state index is 9.82. The highest BCUT2D eigenvalue weighted by Gasteiger charge is 2.22. The quantitative estimate of drug-likeness (QED) is 0.308. The molecule has 0 aromatic rings. The summed E-state index contributed by atoms with van der Waals surface area (Å²) in [5.74, 6) is 0. The minimum atomic E-state index is -2.80. The Kier molecular flexibility index (Phi) is 5.69. The monoisotopic (exact) mass is 222 g/mol. The maximum Gasteiger partial charge on any atom is 0.304 e. The van der Waals surface area contributed by atoms with Crippen molar-refractivity contribution in [3.05, 3.63) is 0 Å². The van der Waals surface area contributed by atoms with E-state index in [0.717, 1.165) is 0 Å². The highest BCUT2D eigenvalue weighted by molar-refractivity contribution is 7.74. The van der Waals surface area contributed by atoms with Crippen LogP contribution in [0.1, 0.15) is 0 Å². The van der Waals surface area contributed by atoms with Crippen LogP contribution in [0.25, 0.3) is 0 Å². The molecule has 0 aliphatic heterocycles. The van der Waals surface area contributed by atoms with Crippen molar-refractivity contribution in [3.8, 4) is 0 Å². The first-order chi connectivity index (χ1) is 5.43. The SMILES string of the molecule is O=S(O)O[C@@H](O)[C@@H](O)OS(=O)O. The van der Waals surface area contributed by atoms with Crippen molar-refractivity contribution >= 4 is 22.7 Å². The highest BCUT2D eigenvalue weighted by Crippen LogP contribution is 2.00. The van der Waals surface area contributed by atoms with E-state index in [1.807, 2.05) is 0 Å². The molecule has 0 rings (SSSR count). The fourth-order valence-electron chi connectivity index (χ4n) is 0.264. The zero-order chi connectivity index (χ0) is 9.72. The maximum absolute atomic E-state index is 9.82. The summed E-state index contributed by atoms with van der Waals surface area (Å²) in [5, 5.41) is 17.1. The minimum Gasteiger partial charge on any atom is -0.363 e. The largest absolute Gasteiger partial charge is 0.363 e. The molecule has 0 spiro atoms. The summed E-state index contributed by atoms with van der Waals surface area (Å²) in [6, 6.07) is 0. The zero-order valence-corrected chi connectivity index (χ0v) is 7.03. The van der Waals surface area contributed by atoms with Gasteiger partial charge < -0.3 is 10.2 Å². The molecule has 2 unspecified atom stereocenters. The molecule has 12 heavy (non-hydrogen) atoms. The van der Waals surface area contributed by atoms with Gasteiger partial charge in [0.2, 0.25) is 12.6 Å². The standard InChI is InChI=1S/C2H6O8S2/c3-1(9-11(5)6)2(4)10-12(7)8/h1-4H,(H,5,6)(H,7,8)/t1-,2+. The molecule has 4 atom stereocenters. The summed E-state index contributed by atoms with van der Waals surface area (Å²) in [5.41, 5.74) is 0. The molecular formula is C2H6O8S2. The zero-order valence-electron chi connectivity index (χ0n) is 5.39. The van der Waals surface area contributed by atoms with E-state index in [1.165, 1.54) is 0 Å². The second-order valence-corrected chi connectivity index (χ2v) is 2.66. The second kappa shape index (κ2) is 5.66. The molecule has 0 saturated carbocycles. The van der Waals surface area contributed by atoms with Gasteiger partial charge in [-0.3, -0.25) is 9.11 Å². The van der Waals surface area contributed by atoms with Gasteiger partial charge in [0.1, 0.15) is 0 Å². The first kappa shape index (κ1) is 12.1. The Labute approximate surface area is 72.1 Å². The first-order valence-electron chi connectivity index (χ1n) is 2.35. The molecule has 74 valence electrons. The van der Waals surface area contributed by atoms with Crippen molar-refractivity contribution in [1.82, 2.24) is 0 Å². The van der Waals surface area contributed by atoms with Crippen molar-refractivity contribution in [2.45, 2.75) is 12.6 Å². The lowest BCUT2D eigenvalue weighted by Crippen LogP contribution is -2.32. The third-order valence-electron chi connectivity index (χ3n) is 0.606. The average Bonchev–Trinajstić information content (AvgIpc) is 1.84. The number of aliphatic hydroxyl groups excluding tert-OH is 2. The van der Waals surface area contributed by atoms with Crippen molar-refractivity contribution in [3.63, 3.8) is 0 Å². The third-order valence-corrected chi connectivity index (χ3v) is 1.33. The summed E-state index contributed by atoms with van der Waals surface area (Å²) < 4.78 is 43.0. The van der Waals surface area contributed by atoms with Crippen LogP contribution in [-0.4, -0.2) is 40.3 Å². The normalized spacial score (nSPS) is 21.3. The molecule has 0 aliphatic carbocycles. The predicted octanol–water partition coefficient (Wildman–Crippen LogP) is -2.07. The van der Waals surface area contributed by atoms with Crippen LogP contribution in [0.5, 0.6) is 0 Å². The molecule has 0 aromatic heterocycles. The molecule has 0 aliphatic rings. The van der Waals surface area contributed by atoms with Crippen LogP contribution in [0, 0.1) is 0 Å². The molecule has 10 heteroatoms. The molecule has 0 saturated heterocycles. The van der Waals surface area contributed by atoms with Crippen LogP contribution in [0.15, 0.2) is 0 Å². The van der Waals surface area contributed by atoms with E-state index >= 15 is 0 Å². The second-order valence-electron chi connectivity index (χ2n) is 1.41. The lowest BCUT2D eigenvalue weighted by atomic mass is 10.6. The van der Waals surface area contributed by atoms with Gasteiger partial charge in [-0.15, -0.1) is 0 Å². The van der Waals surface area contributed by atoms with E-state index < -0.39 is 35.3 Å². The fourth-order valence-corrected chi connectivity index (χ4v) is 0.791. The molecule has 4 N–H and O–H groups in total. The van der Waals surface area contributed by atoms with E-state index in [2.05, 4.69) is 8.37 Å². The molecule has 0 aromatic carbocycles. The molecule has 0 bridgehead atoms. The van der Waals surface area contributed by atoms with Gasteiger partial charge in [0.25, 0.3) is 0 Å². The van der Waals surface area contributed by atoms with Crippen LogP contribution < -0.4 is 0 Å². The van der Waals surface area contributed by atoms with Crippen molar-refractivity contribution in [2.24, 2.45) is 0 Å². The van der Waals surface area contributed by atoms with Gasteiger partial charge in [0.05, 0.1) is 0 Å². The molecule has 0 fully saturated rings. The number of hydrogen-bond donors (Lipinski definition) is 4. The van der Waals surface area contributed by atoms with Crippen LogP contribution in [0.4, 0.5) is 0 Å². The summed E-state index contributed by atoms with van der Waals surface area (Å²) in [6.07, 6.45) is -4.35. The number of rotatable bonds is 5. The molecular weight excluding hydrogens is 216 g/mol. The Morgan fingerprint density at radius 1 is 0.917 bits per heavy atom. The smallest absolute Gasteiger partial charge is 0.304 e.